The van der Waals surface area contributed by atoms with E-state index in [0.29, 0.717) is 10.9 Å². The van der Waals surface area contributed by atoms with Crippen LogP contribution in [0, 0.1) is 31.5 Å². The van der Waals surface area contributed by atoms with E-state index in [0.717, 1.165) is 11.1 Å². The molecule has 1 N–H and O–H groups in total. The molecule has 1 aromatic heterocycles. The van der Waals surface area contributed by atoms with Crippen molar-refractivity contribution in [2.24, 2.45) is 0 Å². The molecule has 0 aliphatic heterocycles. The predicted octanol–water partition coefficient (Wildman–Crippen LogP) is 4.55. The highest BCUT2D eigenvalue weighted by Gasteiger charge is 2.19. The van der Waals surface area contributed by atoms with Crippen LogP contribution in [0.2, 0.25) is 0 Å². The van der Waals surface area contributed by atoms with Crippen molar-refractivity contribution in [2.45, 2.75) is 33.2 Å². The number of halogens is 1. The van der Waals surface area contributed by atoms with Gasteiger partial charge >= 0.3 is 0 Å². The summed E-state index contributed by atoms with van der Waals surface area (Å²) in [6.07, 6.45) is 1.38. The van der Waals surface area contributed by atoms with E-state index in [-0.39, 0.29) is 11.4 Å². The second-order valence-corrected chi connectivity index (χ2v) is 7.11. The highest BCUT2D eigenvalue weighted by Crippen LogP contribution is 2.17. The molecule has 0 unspecified atom stereocenters. The highest BCUT2D eigenvalue weighted by molar-refractivity contribution is 5.97. The fourth-order valence-electron chi connectivity index (χ4n) is 2.75. The van der Waals surface area contributed by atoms with E-state index in [2.05, 4.69) is 22.1 Å². The summed E-state index contributed by atoms with van der Waals surface area (Å²) in [5, 5.41) is 3.50. The van der Waals surface area contributed by atoms with Crippen LogP contribution < -0.4 is 5.32 Å². The molecule has 1 amide bonds. The highest BCUT2D eigenvalue weighted by atomic mass is 19.1. The predicted molar refractivity (Wildman–Crippen MR) is 106 cm³/mol. The Hall–Kier alpha value is -3.19. The van der Waals surface area contributed by atoms with E-state index in [1.165, 1.54) is 17.8 Å². The van der Waals surface area contributed by atoms with E-state index in [1.54, 1.807) is 18.2 Å². The van der Waals surface area contributed by atoms with Gasteiger partial charge in [-0.25, -0.2) is 4.39 Å². The average molecular weight is 360 g/mol. The lowest BCUT2D eigenvalue weighted by molar-refractivity contribution is 0.0929. The Balaban J connectivity index is 1.83. The minimum absolute atomic E-state index is 0.253. The Kier molecular flexibility index (Phi) is 4.96. The molecule has 0 saturated heterocycles. The number of hydrogen-bond donors (Lipinski definition) is 1. The number of para-hydroxylation sites is 1. The number of amides is 1. The van der Waals surface area contributed by atoms with Gasteiger partial charge < -0.3 is 5.32 Å². The molecule has 0 fully saturated rings. The summed E-state index contributed by atoms with van der Waals surface area (Å²) >= 11 is 0. The van der Waals surface area contributed by atoms with Crippen molar-refractivity contribution >= 4 is 16.8 Å². The molecule has 0 aliphatic rings. The molecule has 27 heavy (non-hydrogen) atoms. The van der Waals surface area contributed by atoms with E-state index < -0.39 is 11.4 Å². The van der Waals surface area contributed by atoms with Crippen molar-refractivity contribution in [1.82, 2.24) is 10.3 Å². The van der Waals surface area contributed by atoms with Crippen LogP contribution >= 0.6 is 0 Å². The van der Waals surface area contributed by atoms with Crippen LogP contribution in [-0.2, 0) is 0 Å². The molecule has 2 aromatic carbocycles. The second-order valence-electron chi connectivity index (χ2n) is 7.11. The Bertz CT molecular complexity index is 1090. The van der Waals surface area contributed by atoms with Crippen LogP contribution in [0.3, 0.4) is 0 Å². The summed E-state index contributed by atoms with van der Waals surface area (Å²) in [6, 6.07) is 12.3. The topological polar surface area (TPSA) is 42.0 Å². The maximum absolute atomic E-state index is 13.7. The number of rotatable bonds is 2. The lowest BCUT2D eigenvalue weighted by Gasteiger charge is -2.20. The first kappa shape index (κ1) is 18.6. The molecule has 3 nitrogen and oxygen atoms in total. The molecule has 1 heterocycles. The number of aryl methyl sites for hydroxylation is 1. The molecule has 0 saturated carbocycles. The van der Waals surface area contributed by atoms with Crippen molar-refractivity contribution in [3.63, 3.8) is 0 Å². The zero-order valence-corrected chi connectivity index (χ0v) is 15.9. The number of benzene rings is 2. The number of nitrogens with one attached hydrogen (secondary N) is 1. The van der Waals surface area contributed by atoms with Crippen LogP contribution in [0.15, 0.2) is 48.7 Å². The number of nitrogens with zero attached hydrogens (tertiary/aromatic N) is 1. The number of carbonyl (C=O) groups excluding carboxylic acids is 1. The fourth-order valence-corrected chi connectivity index (χ4v) is 2.75. The van der Waals surface area contributed by atoms with Gasteiger partial charge in [0.1, 0.15) is 11.3 Å². The third-order valence-electron chi connectivity index (χ3n) is 4.46. The number of fused-ring (bicyclic) bond motifs is 1. The van der Waals surface area contributed by atoms with Gasteiger partial charge in [-0.1, -0.05) is 36.1 Å². The van der Waals surface area contributed by atoms with Crippen LogP contribution in [0.25, 0.3) is 10.9 Å². The molecule has 0 spiro atoms. The minimum Gasteiger partial charge on any atom is -0.336 e. The number of carbonyl (C=O) groups is 1. The van der Waals surface area contributed by atoms with Crippen molar-refractivity contribution in [3.8, 4) is 11.8 Å². The fraction of sp³-hybridized carbons (Fsp3) is 0.217. The van der Waals surface area contributed by atoms with Gasteiger partial charge in [0.2, 0.25) is 0 Å². The molecule has 0 aliphatic carbocycles. The summed E-state index contributed by atoms with van der Waals surface area (Å²) in [5.41, 5.74) is 3.15. The second kappa shape index (κ2) is 7.20. The van der Waals surface area contributed by atoms with Crippen LogP contribution in [0.1, 0.15) is 40.9 Å². The summed E-state index contributed by atoms with van der Waals surface area (Å²) in [6.45, 7) is 7.77. The summed E-state index contributed by atoms with van der Waals surface area (Å²) < 4.78 is 13.7. The third kappa shape index (κ3) is 4.15. The van der Waals surface area contributed by atoms with Crippen LogP contribution in [-0.4, -0.2) is 16.4 Å². The summed E-state index contributed by atoms with van der Waals surface area (Å²) in [4.78, 5) is 16.7. The molecule has 3 rings (SSSR count). The lowest BCUT2D eigenvalue weighted by Crippen LogP contribution is -2.42. The zero-order valence-electron chi connectivity index (χ0n) is 15.9. The Labute approximate surface area is 158 Å². The largest absolute Gasteiger partial charge is 0.336 e. The first-order valence-electron chi connectivity index (χ1n) is 8.73. The Morgan fingerprint density at radius 3 is 2.67 bits per heavy atom. The van der Waals surface area contributed by atoms with E-state index in [1.807, 2.05) is 45.9 Å². The molecule has 3 aromatic rings. The monoisotopic (exact) mass is 360 g/mol. The smallest absolute Gasteiger partial charge is 0.254 e. The van der Waals surface area contributed by atoms with E-state index in [9.17, 15) is 9.18 Å². The van der Waals surface area contributed by atoms with Gasteiger partial charge in [0.05, 0.1) is 11.1 Å². The van der Waals surface area contributed by atoms with Crippen molar-refractivity contribution in [1.29, 1.82) is 0 Å². The Morgan fingerprint density at radius 2 is 1.89 bits per heavy atom. The van der Waals surface area contributed by atoms with Crippen molar-refractivity contribution < 1.29 is 9.18 Å². The third-order valence-corrected chi connectivity index (χ3v) is 4.46. The molecular formula is C23H21FN2O. The Morgan fingerprint density at radius 1 is 1.15 bits per heavy atom. The average Bonchev–Trinajstić information content (AvgIpc) is 2.62. The molecule has 0 bridgehead atoms. The molecule has 4 heteroatoms. The van der Waals surface area contributed by atoms with E-state index >= 15 is 0 Å². The van der Waals surface area contributed by atoms with Crippen LogP contribution in [0.4, 0.5) is 4.39 Å². The zero-order chi connectivity index (χ0) is 19.6. The van der Waals surface area contributed by atoms with Crippen LogP contribution in [0.5, 0.6) is 0 Å². The van der Waals surface area contributed by atoms with Gasteiger partial charge in [0, 0.05) is 17.1 Å². The molecule has 136 valence electrons. The van der Waals surface area contributed by atoms with Gasteiger partial charge in [0.25, 0.3) is 5.91 Å². The first-order chi connectivity index (χ1) is 12.8. The summed E-state index contributed by atoms with van der Waals surface area (Å²) in [7, 11) is 0. The van der Waals surface area contributed by atoms with Gasteiger partial charge in [-0.05, 0) is 57.0 Å². The first-order valence-corrected chi connectivity index (χ1v) is 8.73. The van der Waals surface area contributed by atoms with Crippen molar-refractivity contribution in [2.75, 3.05) is 0 Å². The standard InChI is InChI=1S/C23H21FN2O/c1-15-7-5-8-17(16(15)2)11-12-23(3,4)26-22(27)19-13-18-9-6-10-20(24)21(18)25-14-19/h5-10,13-14H,1-4H3,(H,26,27). The molecular weight excluding hydrogens is 339 g/mol. The molecule has 0 radical (unpaired) electrons. The van der Waals surface area contributed by atoms with Gasteiger partial charge in [-0.2, -0.15) is 0 Å². The van der Waals surface area contributed by atoms with Gasteiger partial charge in [-0.3, -0.25) is 9.78 Å². The SMILES string of the molecule is Cc1cccc(C#CC(C)(C)NC(=O)c2cnc3c(F)cccc3c2)c1C. The normalized spacial score (nSPS) is 11.0. The number of hydrogen-bond acceptors (Lipinski definition) is 2. The maximum Gasteiger partial charge on any atom is 0.254 e. The van der Waals surface area contributed by atoms with E-state index in [4.69, 9.17) is 0 Å². The maximum atomic E-state index is 13.7. The quantitative estimate of drug-likeness (QED) is 0.681. The lowest BCUT2D eigenvalue weighted by atomic mass is 10.0. The van der Waals surface area contributed by atoms with Gasteiger partial charge in [-0.15, -0.1) is 0 Å². The molecule has 0 atom stereocenters. The number of aromatic nitrogens is 1. The minimum atomic E-state index is -0.732. The summed E-state index contributed by atoms with van der Waals surface area (Å²) in [5.74, 6) is 5.59. The number of pyridine rings is 1. The van der Waals surface area contributed by atoms with Gasteiger partial charge in [0.15, 0.2) is 0 Å². The van der Waals surface area contributed by atoms with Crippen molar-refractivity contribution in [3.05, 3.63) is 76.7 Å².